The largest absolute Gasteiger partial charge is 0.351 e. The van der Waals surface area contributed by atoms with Crippen LogP contribution in [-0.2, 0) is 9.59 Å². The third kappa shape index (κ3) is 3.20. The van der Waals surface area contributed by atoms with Crippen molar-refractivity contribution in [2.24, 2.45) is 10.8 Å². The molecule has 0 unspecified atom stereocenters. The lowest BCUT2D eigenvalue weighted by Crippen LogP contribution is -2.43. The van der Waals surface area contributed by atoms with Crippen molar-refractivity contribution >= 4 is 27.5 Å². The van der Waals surface area contributed by atoms with Crippen LogP contribution in [0.4, 0.5) is 0 Å². The molecule has 0 radical (unpaired) electrons. The van der Waals surface area contributed by atoms with Crippen LogP contribution >= 0.6 is 15.9 Å². The number of nitrogens with zero attached hydrogens (tertiary/aromatic N) is 1. The van der Waals surface area contributed by atoms with Gasteiger partial charge in [-0.25, -0.2) is 0 Å². The number of hydrogen-bond donors (Lipinski definition) is 0. The molecule has 0 saturated heterocycles. The normalized spacial score (nSPS) is 24.4. The van der Waals surface area contributed by atoms with Crippen molar-refractivity contribution in [2.45, 2.75) is 59.3 Å². The highest BCUT2D eigenvalue weighted by molar-refractivity contribution is 9.10. The van der Waals surface area contributed by atoms with Crippen molar-refractivity contribution in [1.29, 1.82) is 0 Å². The van der Waals surface area contributed by atoms with Crippen molar-refractivity contribution in [2.75, 3.05) is 7.05 Å². The first-order valence-corrected chi connectivity index (χ1v) is 10.8. The van der Waals surface area contributed by atoms with E-state index in [1.165, 1.54) is 0 Å². The van der Waals surface area contributed by atoms with Crippen LogP contribution in [0.5, 0.6) is 0 Å². The van der Waals surface area contributed by atoms with E-state index in [4.69, 9.17) is 0 Å². The van der Waals surface area contributed by atoms with E-state index < -0.39 is 0 Å². The first-order valence-electron chi connectivity index (χ1n) is 10.0. The van der Waals surface area contributed by atoms with E-state index in [1.54, 1.807) is 0 Å². The maximum Gasteiger partial charge on any atom is 0.162 e. The number of allylic oxidation sites excluding steroid dienone is 4. The number of rotatable bonds is 1. The topological polar surface area (TPSA) is 37.4 Å². The Morgan fingerprint density at radius 3 is 1.68 bits per heavy atom. The van der Waals surface area contributed by atoms with Gasteiger partial charge in [-0.2, -0.15) is 0 Å². The number of hydrogen-bond acceptors (Lipinski definition) is 3. The quantitative estimate of drug-likeness (QED) is 0.555. The summed E-state index contributed by atoms with van der Waals surface area (Å²) in [5.74, 6) is 0.145. The van der Waals surface area contributed by atoms with Gasteiger partial charge in [0.05, 0.1) is 0 Å². The molecule has 1 aliphatic heterocycles. The first kappa shape index (κ1) is 19.6. The van der Waals surface area contributed by atoms with Crippen LogP contribution < -0.4 is 0 Å². The van der Waals surface area contributed by atoms with Gasteiger partial charge in [0, 0.05) is 52.8 Å². The van der Waals surface area contributed by atoms with E-state index in [9.17, 15) is 9.59 Å². The molecule has 0 spiro atoms. The van der Waals surface area contributed by atoms with Gasteiger partial charge in [0.1, 0.15) is 0 Å². The molecule has 3 nitrogen and oxygen atoms in total. The van der Waals surface area contributed by atoms with Crippen LogP contribution in [0.15, 0.2) is 51.3 Å². The number of halogens is 1. The monoisotopic (exact) mass is 441 g/mol. The Morgan fingerprint density at radius 1 is 0.821 bits per heavy atom. The highest BCUT2D eigenvalue weighted by Gasteiger charge is 2.48. The van der Waals surface area contributed by atoms with Crippen molar-refractivity contribution < 1.29 is 9.59 Å². The maximum absolute atomic E-state index is 13.3. The summed E-state index contributed by atoms with van der Waals surface area (Å²) in [5.41, 5.74) is 4.84. The lowest BCUT2D eigenvalue weighted by atomic mass is 9.64. The summed E-state index contributed by atoms with van der Waals surface area (Å²) in [4.78, 5) is 28.8. The van der Waals surface area contributed by atoms with Gasteiger partial charge in [-0.05, 0) is 41.4 Å². The Balaban J connectivity index is 1.96. The summed E-state index contributed by atoms with van der Waals surface area (Å²) in [5, 5.41) is 0. The van der Waals surface area contributed by atoms with Crippen molar-refractivity contribution in [3.63, 3.8) is 0 Å². The van der Waals surface area contributed by atoms with E-state index in [0.29, 0.717) is 12.8 Å². The highest BCUT2D eigenvalue weighted by Crippen LogP contribution is 2.53. The smallest absolute Gasteiger partial charge is 0.162 e. The summed E-state index contributed by atoms with van der Waals surface area (Å²) in [7, 11) is 2.05. The Morgan fingerprint density at radius 2 is 1.25 bits per heavy atom. The molecule has 28 heavy (non-hydrogen) atoms. The van der Waals surface area contributed by atoms with E-state index in [2.05, 4.69) is 60.7 Å². The number of benzene rings is 1. The van der Waals surface area contributed by atoms with Crippen LogP contribution in [0.1, 0.15) is 64.9 Å². The molecule has 0 fully saturated rings. The lowest BCUT2D eigenvalue weighted by molar-refractivity contribution is -0.119. The molecule has 0 saturated carbocycles. The van der Waals surface area contributed by atoms with Gasteiger partial charge in [-0.15, -0.1) is 0 Å². The molecule has 1 aromatic rings. The third-order valence-corrected chi connectivity index (χ3v) is 6.91. The second kappa shape index (κ2) is 6.41. The molecule has 1 heterocycles. The van der Waals surface area contributed by atoms with Gasteiger partial charge in [-0.1, -0.05) is 55.8 Å². The van der Waals surface area contributed by atoms with Crippen LogP contribution in [0.3, 0.4) is 0 Å². The minimum atomic E-state index is -0.235. The molecular formula is C24H28BrNO2. The zero-order valence-electron chi connectivity index (χ0n) is 17.4. The number of ketones is 2. The fraction of sp³-hybridized carbons (Fsp3) is 0.500. The van der Waals surface area contributed by atoms with Crippen LogP contribution in [0, 0.1) is 10.8 Å². The van der Waals surface area contributed by atoms with Crippen molar-refractivity contribution in [1.82, 2.24) is 4.90 Å². The Bertz CT molecular complexity index is 880. The molecule has 0 atom stereocenters. The highest BCUT2D eigenvalue weighted by atomic mass is 79.9. The predicted molar refractivity (Wildman–Crippen MR) is 115 cm³/mol. The molecule has 0 N–H and O–H groups in total. The Kier molecular flexibility index (Phi) is 4.50. The van der Waals surface area contributed by atoms with E-state index in [0.717, 1.165) is 45.4 Å². The zero-order chi connectivity index (χ0) is 20.4. The van der Waals surface area contributed by atoms with E-state index in [-0.39, 0.29) is 28.3 Å². The molecular weight excluding hydrogens is 414 g/mol. The Hall–Kier alpha value is -1.68. The fourth-order valence-corrected chi connectivity index (χ4v) is 5.42. The minimum absolute atomic E-state index is 0.0549. The molecule has 0 aromatic heterocycles. The van der Waals surface area contributed by atoms with Gasteiger partial charge in [-0.3, -0.25) is 9.59 Å². The molecule has 1 aromatic carbocycles. The summed E-state index contributed by atoms with van der Waals surface area (Å²) in [6, 6.07) is 8.11. The summed E-state index contributed by atoms with van der Waals surface area (Å²) in [6.45, 7) is 8.65. The SMILES string of the molecule is CN1C2=C(C(=O)CC(C)(C)C2)C(c2ccc(Br)cc2)C2=C1CC(C)(C)CC2=O. The molecule has 4 rings (SSSR count). The first-order chi connectivity index (χ1) is 13.0. The molecule has 2 aliphatic carbocycles. The standard InChI is InChI=1S/C24H28BrNO2/c1-23(2)10-16-21(18(27)12-23)20(14-6-8-15(25)9-7-14)22-17(26(16)5)11-24(3,4)13-19(22)28/h6-9,20H,10-13H2,1-5H3. The Labute approximate surface area is 176 Å². The molecule has 0 bridgehead atoms. The van der Waals surface area contributed by atoms with Crippen LogP contribution in [-0.4, -0.2) is 23.5 Å². The lowest BCUT2D eigenvalue weighted by Gasteiger charge is -2.47. The second-order valence-electron chi connectivity index (χ2n) is 10.1. The summed E-state index contributed by atoms with van der Waals surface area (Å²) in [6.07, 6.45) is 2.80. The van der Waals surface area contributed by atoms with Crippen LogP contribution in [0.2, 0.25) is 0 Å². The average Bonchev–Trinajstić information content (AvgIpc) is 2.56. The predicted octanol–water partition coefficient (Wildman–Crippen LogP) is 5.76. The fourth-order valence-electron chi connectivity index (χ4n) is 5.15. The van der Waals surface area contributed by atoms with Gasteiger partial charge >= 0.3 is 0 Å². The number of carbonyl (C=O) groups excluding carboxylic acids is 2. The summed E-state index contributed by atoms with van der Waals surface area (Å²) >= 11 is 3.50. The zero-order valence-corrected chi connectivity index (χ0v) is 18.9. The molecule has 0 amide bonds. The molecule has 3 aliphatic rings. The summed E-state index contributed by atoms with van der Waals surface area (Å²) < 4.78 is 1.000. The molecule has 148 valence electrons. The average molecular weight is 442 g/mol. The third-order valence-electron chi connectivity index (χ3n) is 6.38. The van der Waals surface area contributed by atoms with Gasteiger partial charge < -0.3 is 4.90 Å². The van der Waals surface area contributed by atoms with Gasteiger partial charge in [0.25, 0.3) is 0 Å². The van der Waals surface area contributed by atoms with E-state index >= 15 is 0 Å². The number of Topliss-reactive ketones (excluding diaryl/α,β-unsaturated/α-hetero) is 2. The second-order valence-corrected chi connectivity index (χ2v) is 11.1. The van der Waals surface area contributed by atoms with E-state index in [1.807, 2.05) is 19.2 Å². The van der Waals surface area contributed by atoms with Crippen LogP contribution in [0.25, 0.3) is 0 Å². The van der Waals surface area contributed by atoms with Crippen molar-refractivity contribution in [3.05, 3.63) is 56.8 Å². The maximum atomic E-state index is 13.3. The van der Waals surface area contributed by atoms with Gasteiger partial charge in [0.2, 0.25) is 0 Å². The number of carbonyl (C=O) groups is 2. The van der Waals surface area contributed by atoms with Gasteiger partial charge in [0.15, 0.2) is 11.6 Å². The minimum Gasteiger partial charge on any atom is -0.351 e. The molecule has 4 heteroatoms. The van der Waals surface area contributed by atoms with Crippen molar-refractivity contribution in [3.8, 4) is 0 Å².